The van der Waals surface area contributed by atoms with Gasteiger partial charge in [0.05, 0.1) is 29.0 Å². The summed E-state index contributed by atoms with van der Waals surface area (Å²) < 4.78 is 4.96. The van der Waals surface area contributed by atoms with Crippen molar-refractivity contribution >= 4 is 29.2 Å². The molecule has 0 atom stereocenters. The van der Waals surface area contributed by atoms with Crippen LogP contribution in [0.4, 0.5) is 11.4 Å². The number of ether oxygens (including phenoxy) is 1. The molecular weight excluding hydrogens is 296 g/mol. The van der Waals surface area contributed by atoms with Gasteiger partial charge in [-0.2, -0.15) is 0 Å². The van der Waals surface area contributed by atoms with Crippen molar-refractivity contribution in [3.63, 3.8) is 0 Å². The minimum absolute atomic E-state index is 0.297. The van der Waals surface area contributed by atoms with Crippen LogP contribution in [0.3, 0.4) is 0 Å². The monoisotopic (exact) mass is 310 g/mol. The highest BCUT2D eigenvalue weighted by Gasteiger charge is 2.29. The lowest BCUT2D eigenvalue weighted by molar-refractivity contribution is 0.0526. The van der Waals surface area contributed by atoms with Gasteiger partial charge >= 0.3 is 5.97 Å². The summed E-state index contributed by atoms with van der Waals surface area (Å²) >= 11 is 0. The van der Waals surface area contributed by atoms with Crippen LogP contribution in [0.2, 0.25) is 0 Å². The number of nitrogens with one attached hydrogen (secondary N) is 2. The largest absolute Gasteiger partial charge is 0.462 e. The Bertz CT molecular complexity index is 814. The van der Waals surface area contributed by atoms with Crippen LogP contribution in [-0.4, -0.2) is 24.4 Å². The first-order chi connectivity index (χ1) is 11.1. The van der Waals surface area contributed by atoms with Gasteiger partial charge < -0.3 is 10.1 Å². The maximum atomic E-state index is 11.9. The van der Waals surface area contributed by atoms with Crippen LogP contribution >= 0.6 is 0 Å². The number of fused-ring (bicyclic) bond motifs is 1. The zero-order valence-electron chi connectivity index (χ0n) is 12.4. The average Bonchev–Trinajstić information content (AvgIpc) is 2.83. The third-order valence-corrected chi connectivity index (χ3v) is 3.42. The molecule has 0 aromatic heterocycles. The van der Waals surface area contributed by atoms with Gasteiger partial charge in [-0.1, -0.05) is 12.1 Å². The standard InChI is InChI=1S/C17H14N2O4/c1-2-23-17(22)10-5-3-6-11(9-10)18-13-8-4-7-12-14(13)16(21)19-15(12)20/h3-9,18H,2H2,1H3,(H,19,20,21). The van der Waals surface area contributed by atoms with Crippen LogP contribution in [0.15, 0.2) is 42.5 Å². The molecule has 6 nitrogen and oxygen atoms in total. The van der Waals surface area contributed by atoms with Crippen molar-refractivity contribution in [3.05, 3.63) is 59.2 Å². The number of carbonyl (C=O) groups excluding carboxylic acids is 3. The number of esters is 1. The Kier molecular flexibility index (Phi) is 3.80. The van der Waals surface area contributed by atoms with Crippen molar-refractivity contribution in [2.45, 2.75) is 6.92 Å². The van der Waals surface area contributed by atoms with Gasteiger partial charge in [-0.25, -0.2) is 4.79 Å². The molecule has 0 unspecified atom stereocenters. The Morgan fingerprint density at radius 3 is 2.70 bits per heavy atom. The summed E-state index contributed by atoms with van der Waals surface area (Å²) in [6, 6.07) is 11.7. The molecule has 0 bridgehead atoms. The van der Waals surface area contributed by atoms with Gasteiger partial charge in [0.15, 0.2) is 0 Å². The van der Waals surface area contributed by atoms with Crippen LogP contribution in [0.1, 0.15) is 38.0 Å². The molecule has 6 heteroatoms. The first-order valence-electron chi connectivity index (χ1n) is 7.13. The fraction of sp³-hybridized carbons (Fsp3) is 0.118. The lowest BCUT2D eigenvalue weighted by Gasteiger charge is -2.10. The van der Waals surface area contributed by atoms with E-state index < -0.39 is 17.8 Å². The fourth-order valence-electron chi connectivity index (χ4n) is 2.42. The highest BCUT2D eigenvalue weighted by molar-refractivity contribution is 6.24. The second kappa shape index (κ2) is 5.92. The van der Waals surface area contributed by atoms with Crippen molar-refractivity contribution in [3.8, 4) is 0 Å². The zero-order chi connectivity index (χ0) is 16.4. The van der Waals surface area contributed by atoms with E-state index in [4.69, 9.17) is 4.74 Å². The van der Waals surface area contributed by atoms with Crippen molar-refractivity contribution in [1.82, 2.24) is 5.32 Å². The Hall–Kier alpha value is -3.15. The summed E-state index contributed by atoms with van der Waals surface area (Å²) in [5, 5.41) is 5.33. The summed E-state index contributed by atoms with van der Waals surface area (Å²) in [4.78, 5) is 35.3. The summed E-state index contributed by atoms with van der Waals surface area (Å²) in [5.74, 6) is -1.26. The van der Waals surface area contributed by atoms with E-state index >= 15 is 0 Å². The molecule has 0 aliphatic carbocycles. The van der Waals surface area contributed by atoms with E-state index in [1.807, 2.05) is 0 Å². The molecular formula is C17H14N2O4. The maximum Gasteiger partial charge on any atom is 0.338 e. The molecule has 0 saturated heterocycles. The van der Waals surface area contributed by atoms with E-state index in [9.17, 15) is 14.4 Å². The highest BCUT2D eigenvalue weighted by Crippen LogP contribution is 2.27. The number of anilines is 2. The van der Waals surface area contributed by atoms with Crippen LogP contribution in [0.5, 0.6) is 0 Å². The minimum atomic E-state index is -0.436. The predicted octanol–water partition coefficient (Wildman–Crippen LogP) is 2.49. The number of amides is 2. The van der Waals surface area contributed by atoms with Gasteiger partial charge in [0.2, 0.25) is 0 Å². The quantitative estimate of drug-likeness (QED) is 0.669. The first kappa shape index (κ1) is 14.8. The summed E-state index contributed by atoms with van der Waals surface area (Å²) in [6.45, 7) is 2.04. The number of carbonyl (C=O) groups is 3. The van der Waals surface area contributed by atoms with Gasteiger partial charge in [0.25, 0.3) is 11.8 Å². The number of rotatable bonds is 4. The lowest BCUT2D eigenvalue weighted by Crippen LogP contribution is -2.20. The average molecular weight is 310 g/mol. The number of benzene rings is 2. The third-order valence-electron chi connectivity index (χ3n) is 3.42. The van der Waals surface area contributed by atoms with E-state index in [0.29, 0.717) is 34.7 Å². The molecule has 116 valence electrons. The third kappa shape index (κ3) is 2.78. The molecule has 1 heterocycles. The SMILES string of the molecule is CCOC(=O)c1cccc(Nc2cccc3c2C(=O)NC3=O)c1. The van der Waals surface area contributed by atoms with Crippen molar-refractivity contribution in [2.24, 2.45) is 0 Å². The number of hydrogen-bond donors (Lipinski definition) is 2. The Labute approximate surface area is 132 Å². The Balaban J connectivity index is 1.92. The van der Waals surface area contributed by atoms with E-state index in [1.165, 1.54) is 0 Å². The topological polar surface area (TPSA) is 84.5 Å². The van der Waals surface area contributed by atoms with Gasteiger partial charge in [-0.15, -0.1) is 0 Å². The molecule has 0 radical (unpaired) electrons. The van der Waals surface area contributed by atoms with Gasteiger partial charge in [0, 0.05) is 5.69 Å². The predicted molar refractivity (Wildman–Crippen MR) is 83.9 cm³/mol. The highest BCUT2D eigenvalue weighted by atomic mass is 16.5. The molecule has 23 heavy (non-hydrogen) atoms. The van der Waals surface area contributed by atoms with Crippen molar-refractivity contribution in [2.75, 3.05) is 11.9 Å². The Morgan fingerprint density at radius 2 is 1.91 bits per heavy atom. The lowest BCUT2D eigenvalue weighted by atomic mass is 10.1. The summed E-state index contributed by atoms with van der Waals surface area (Å²) in [7, 11) is 0. The van der Waals surface area contributed by atoms with E-state index in [0.717, 1.165) is 0 Å². The smallest absolute Gasteiger partial charge is 0.338 e. The minimum Gasteiger partial charge on any atom is -0.462 e. The van der Waals surface area contributed by atoms with E-state index in [1.54, 1.807) is 49.4 Å². The van der Waals surface area contributed by atoms with E-state index in [-0.39, 0.29) is 0 Å². The molecule has 0 spiro atoms. The molecule has 2 aromatic carbocycles. The van der Waals surface area contributed by atoms with Crippen LogP contribution in [0.25, 0.3) is 0 Å². The van der Waals surface area contributed by atoms with E-state index in [2.05, 4.69) is 10.6 Å². The molecule has 2 aromatic rings. The number of imide groups is 1. The van der Waals surface area contributed by atoms with Gasteiger partial charge in [-0.3, -0.25) is 14.9 Å². The molecule has 0 saturated carbocycles. The normalized spacial score (nSPS) is 12.6. The van der Waals surface area contributed by atoms with Crippen LogP contribution in [-0.2, 0) is 4.74 Å². The molecule has 1 aliphatic rings. The molecule has 3 rings (SSSR count). The molecule has 1 aliphatic heterocycles. The fourth-order valence-corrected chi connectivity index (χ4v) is 2.42. The second-order valence-electron chi connectivity index (χ2n) is 4.94. The molecule has 2 N–H and O–H groups in total. The molecule has 2 amide bonds. The maximum absolute atomic E-state index is 11.9. The summed E-state index contributed by atoms with van der Waals surface area (Å²) in [5.41, 5.74) is 2.17. The van der Waals surface area contributed by atoms with Crippen LogP contribution in [0, 0.1) is 0 Å². The van der Waals surface area contributed by atoms with Gasteiger partial charge in [-0.05, 0) is 37.3 Å². The van der Waals surface area contributed by atoms with Gasteiger partial charge in [0.1, 0.15) is 0 Å². The number of hydrogen-bond acceptors (Lipinski definition) is 5. The first-order valence-corrected chi connectivity index (χ1v) is 7.13. The van der Waals surface area contributed by atoms with Crippen LogP contribution < -0.4 is 10.6 Å². The Morgan fingerprint density at radius 1 is 1.13 bits per heavy atom. The molecule has 0 fully saturated rings. The van der Waals surface area contributed by atoms with Crippen molar-refractivity contribution < 1.29 is 19.1 Å². The van der Waals surface area contributed by atoms with Crippen molar-refractivity contribution in [1.29, 1.82) is 0 Å². The second-order valence-corrected chi connectivity index (χ2v) is 4.94. The summed E-state index contributed by atoms with van der Waals surface area (Å²) in [6.07, 6.45) is 0. The zero-order valence-corrected chi connectivity index (χ0v) is 12.4.